The maximum Gasteiger partial charge on any atom is 0.233 e. The van der Waals surface area contributed by atoms with Crippen LogP contribution in [0.15, 0.2) is 30.3 Å². The van der Waals surface area contributed by atoms with Gasteiger partial charge in [-0.3, -0.25) is 0 Å². The van der Waals surface area contributed by atoms with Crippen LogP contribution in [0.5, 0.6) is 5.88 Å². The van der Waals surface area contributed by atoms with Gasteiger partial charge in [0.1, 0.15) is 0 Å². The summed E-state index contributed by atoms with van der Waals surface area (Å²) in [5.41, 5.74) is 1.39. The molecule has 0 saturated carbocycles. The summed E-state index contributed by atoms with van der Waals surface area (Å²) in [5, 5.41) is 11.0. The number of nitrogens with one attached hydrogen (secondary N) is 1. The molecule has 0 aliphatic rings. The lowest BCUT2D eigenvalue weighted by molar-refractivity contribution is 0.389. The maximum absolute atomic E-state index is 13.2. The molecule has 1 heterocycles. The predicted octanol–water partition coefficient (Wildman–Crippen LogP) is 2.27. The van der Waals surface area contributed by atoms with E-state index in [4.69, 9.17) is 4.74 Å². The first-order valence-electron chi connectivity index (χ1n) is 6.13. The quantitative estimate of drug-likeness (QED) is 0.912. The molecule has 0 aliphatic carbocycles. The largest absolute Gasteiger partial charge is 0.480 e. The molecule has 1 atom stereocenters. The molecule has 4 nitrogen and oxygen atoms in total. The molecule has 20 heavy (non-hydrogen) atoms. The average Bonchev–Trinajstić information content (AvgIpc) is 2.48. The van der Waals surface area contributed by atoms with Crippen LogP contribution in [0.4, 0.5) is 8.78 Å². The van der Waals surface area contributed by atoms with Gasteiger partial charge in [0.2, 0.25) is 5.88 Å². The fourth-order valence-corrected chi connectivity index (χ4v) is 1.88. The monoisotopic (exact) mass is 279 g/mol. The van der Waals surface area contributed by atoms with Crippen LogP contribution in [0, 0.1) is 11.6 Å². The molecule has 1 N–H and O–H groups in total. The van der Waals surface area contributed by atoms with E-state index in [0.29, 0.717) is 23.6 Å². The molecule has 1 unspecified atom stereocenters. The SMILES string of the molecule is CNC(Cc1ccc(F)c(F)c1)c1ccc(OC)nn1. The van der Waals surface area contributed by atoms with Gasteiger partial charge < -0.3 is 10.1 Å². The van der Waals surface area contributed by atoms with Gasteiger partial charge in [-0.25, -0.2) is 8.78 Å². The summed E-state index contributed by atoms with van der Waals surface area (Å²) in [5.74, 6) is -1.27. The second-order valence-corrected chi connectivity index (χ2v) is 4.29. The molecule has 0 spiro atoms. The van der Waals surface area contributed by atoms with Crippen LogP contribution in [0.1, 0.15) is 17.3 Å². The number of aromatic nitrogens is 2. The van der Waals surface area contributed by atoms with Crippen LogP contribution < -0.4 is 10.1 Å². The van der Waals surface area contributed by atoms with Crippen molar-refractivity contribution in [3.05, 3.63) is 53.2 Å². The summed E-state index contributed by atoms with van der Waals surface area (Å²) in [6.07, 6.45) is 0.481. The van der Waals surface area contributed by atoms with E-state index in [2.05, 4.69) is 15.5 Å². The molecule has 2 rings (SSSR count). The summed E-state index contributed by atoms with van der Waals surface area (Å²) in [6, 6.07) is 7.22. The molecule has 1 aromatic carbocycles. The van der Waals surface area contributed by atoms with Gasteiger partial charge in [0.05, 0.1) is 18.8 Å². The minimum absolute atomic E-state index is 0.140. The highest BCUT2D eigenvalue weighted by Gasteiger charge is 2.14. The standard InChI is InChI=1S/C14H15F2N3O/c1-17-13(12-5-6-14(20-2)19-18-12)8-9-3-4-10(15)11(16)7-9/h3-7,13,17H,8H2,1-2H3. The van der Waals surface area contributed by atoms with E-state index >= 15 is 0 Å². The van der Waals surface area contributed by atoms with E-state index in [-0.39, 0.29) is 6.04 Å². The zero-order chi connectivity index (χ0) is 14.5. The van der Waals surface area contributed by atoms with E-state index in [1.165, 1.54) is 13.2 Å². The zero-order valence-corrected chi connectivity index (χ0v) is 11.2. The number of rotatable bonds is 5. The first kappa shape index (κ1) is 14.3. The zero-order valence-electron chi connectivity index (χ0n) is 11.2. The minimum Gasteiger partial charge on any atom is -0.480 e. The van der Waals surface area contributed by atoms with Gasteiger partial charge in [-0.05, 0) is 37.2 Å². The van der Waals surface area contributed by atoms with Gasteiger partial charge in [-0.1, -0.05) is 6.07 Å². The molecule has 0 aliphatic heterocycles. The summed E-state index contributed by atoms with van der Waals surface area (Å²) >= 11 is 0. The number of benzene rings is 1. The molecule has 0 radical (unpaired) electrons. The second-order valence-electron chi connectivity index (χ2n) is 4.29. The molecule has 0 bridgehead atoms. The molecule has 0 amide bonds. The smallest absolute Gasteiger partial charge is 0.233 e. The molecular formula is C14H15F2N3O. The number of halogens is 2. The highest BCUT2D eigenvalue weighted by molar-refractivity contribution is 5.22. The Morgan fingerprint density at radius 1 is 1.15 bits per heavy atom. The van der Waals surface area contributed by atoms with E-state index in [9.17, 15) is 8.78 Å². The molecular weight excluding hydrogens is 264 g/mol. The lowest BCUT2D eigenvalue weighted by atomic mass is 10.0. The molecule has 0 fully saturated rings. The van der Waals surface area contributed by atoms with Crippen molar-refractivity contribution in [2.45, 2.75) is 12.5 Å². The third-order valence-electron chi connectivity index (χ3n) is 3.00. The van der Waals surface area contributed by atoms with Crippen molar-refractivity contribution in [1.29, 1.82) is 0 Å². The number of methoxy groups -OCH3 is 1. The molecule has 2 aromatic rings. The lowest BCUT2D eigenvalue weighted by Gasteiger charge is -2.15. The van der Waals surface area contributed by atoms with Gasteiger partial charge in [-0.15, -0.1) is 5.10 Å². The van der Waals surface area contributed by atoms with Crippen molar-refractivity contribution in [3.8, 4) is 5.88 Å². The third kappa shape index (κ3) is 3.27. The molecule has 1 aromatic heterocycles. The maximum atomic E-state index is 13.2. The summed E-state index contributed by atoms with van der Waals surface area (Å²) in [6.45, 7) is 0. The van der Waals surface area contributed by atoms with Crippen LogP contribution >= 0.6 is 0 Å². The molecule has 0 saturated heterocycles. The number of likely N-dealkylation sites (N-methyl/N-ethyl adjacent to an activating group) is 1. The van der Waals surface area contributed by atoms with Crippen LogP contribution in [0.3, 0.4) is 0 Å². The second kappa shape index (κ2) is 6.38. The highest BCUT2D eigenvalue weighted by Crippen LogP contribution is 2.18. The normalized spacial score (nSPS) is 12.2. The Hall–Kier alpha value is -2.08. The fraction of sp³-hybridized carbons (Fsp3) is 0.286. The van der Waals surface area contributed by atoms with Crippen molar-refractivity contribution >= 4 is 0 Å². The molecule has 106 valence electrons. The first-order valence-corrected chi connectivity index (χ1v) is 6.13. The van der Waals surface area contributed by atoms with Crippen LogP contribution in [-0.4, -0.2) is 24.4 Å². The van der Waals surface area contributed by atoms with Gasteiger partial charge >= 0.3 is 0 Å². The Labute approximate surface area is 115 Å². The van der Waals surface area contributed by atoms with Crippen molar-refractivity contribution in [2.75, 3.05) is 14.2 Å². The van der Waals surface area contributed by atoms with Crippen molar-refractivity contribution in [1.82, 2.24) is 15.5 Å². The lowest BCUT2D eigenvalue weighted by Crippen LogP contribution is -2.20. The van der Waals surface area contributed by atoms with E-state index in [0.717, 1.165) is 6.07 Å². The Bertz CT molecular complexity index is 575. The summed E-state index contributed by atoms with van der Waals surface area (Å²) in [7, 11) is 3.29. The summed E-state index contributed by atoms with van der Waals surface area (Å²) in [4.78, 5) is 0. The van der Waals surface area contributed by atoms with Crippen LogP contribution in [0.2, 0.25) is 0 Å². The van der Waals surface area contributed by atoms with E-state index in [1.54, 1.807) is 25.2 Å². The Morgan fingerprint density at radius 2 is 1.95 bits per heavy atom. The number of hydrogen-bond acceptors (Lipinski definition) is 4. The minimum atomic E-state index is -0.849. The Kier molecular flexibility index (Phi) is 4.57. The van der Waals surface area contributed by atoms with E-state index < -0.39 is 11.6 Å². The topological polar surface area (TPSA) is 47.0 Å². The van der Waals surface area contributed by atoms with Crippen molar-refractivity contribution in [2.24, 2.45) is 0 Å². The number of hydrogen-bond donors (Lipinski definition) is 1. The number of nitrogens with zero attached hydrogens (tertiary/aromatic N) is 2. The first-order chi connectivity index (χ1) is 9.63. The Balaban J connectivity index is 2.16. The number of ether oxygens (including phenoxy) is 1. The van der Waals surface area contributed by atoms with E-state index in [1.807, 2.05) is 0 Å². The fourth-order valence-electron chi connectivity index (χ4n) is 1.88. The van der Waals surface area contributed by atoms with Crippen molar-refractivity contribution < 1.29 is 13.5 Å². The average molecular weight is 279 g/mol. The highest BCUT2D eigenvalue weighted by atomic mass is 19.2. The predicted molar refractivity (Wildman–Crippen MR) is 70.4 cm³/mol. The van der Waals surface area contributed by atoms with Gasteiger partial charge in [-0.2, -0.15) is 5.10 Å². The summed E-state index contributed by atoms with van der Waals surface area (Å²) < 4.78 is 31.0. The third-order valence-corrected chi connectivity index (χ3v) is 3.00. The van der Waals surface area contributed by atoms with Gasteiger partial charge in [0, 0.05) is 6.07 Å². The van der Waals surface area contributed by atoms with Gasteiger partial charge in [0.15, 0.2) is 11.6 Å². The van der Waals surface area contributed by atoms with Crippen molar-refractivity contribution in [3.63, 3.8) is 0 Å². The molecule has 6 heteroatoms. The Morgan fingerprint density at radius 3 is 2.50 bits per heavy atom. The van der Waals surface area contributed by atoms with Crippen LogP contribution in [0.25, 0.3) is 0 Å². The van der Waals surface area contributed by atoms with Crippen LogP contribution in [-0.2, 0) is 6.42 Å². The van der Waals surface area contributed by atoms with Gasteiger partial charge in [0.25, 0.3) is 0 Å².